The van der Waals surface area contributed by atoms with Gasteiger partial charge in [-0.15, -0.1) is 0 Å². The van der Waals surface area contributed by atoms with Crippen LogP contribution in [0.3, 0.4) is 0 Å². The van der Waals surface area contributed by atoms with E-state index in [4.69, 9.17) is 9.15 Å². The third-order valence-electron chi connectivity index (χ3n) is 10.6. The number of carbonyl (C=O) groups is 1. The number of hydrogen-bond donors (Lipinski definition) is 2. The van der Waals surface area contributed by atoms with Gasteiger partial charge in [0.2, 0.25) is 5.76 Å². The van der Waals surface area contributed by atoms with Crippen molar-refractivity contribution >= 4 is 11.7 Å². The van der Waals surface area contributed by atoms with Crippen LogP contribution in [0, 0.1) is 17.8 Å². The van der Waals surface area contributed by atoms with Crippen molar-refractivity contribution in [1.82, 2.24) is 0 Å². The normalized spacial score (nSPS) is 44.9. The molecule has 1 saturated carbocycles. The smallest absolute Gasteiger partial charge is 0.373 e. The number of hydrogen-bond acceptors (Lipinski definition) is 6. The number of likely N-dealkylation sites (N-methyl/N-ethyl adjacent to an activating group) is 1. The second-order valence-electron chi connectivity index (χ2n) is 11.3. The first-order chi connectivity index (χ1) is 16.4. The molecule has 8 rings (SSSR count). The van der Waals surface area contributed by atoms with Crippen LogP contribution in [0.25, 0.3) is 0 Å². The van der Waals surface area contributed by atoms with Gasteiger partial charge in [0.1, 0.15) is 12.6 Å². The Labute approximate surface area is 199 Å². The molecule has 2 N–H and O–H groups in total. The number of piperidine rings is 4. The van der Waals surface area contributed by atoms with Crippen LogP contribution in [0.1, 0.15) is 48.1 Å². The molecule has 1 aromatic heterocycles. The minimum atomic E-state index is -0.512. The Morgan fingerprint density at radius 1 is 1.24 bits per heavy atom. The van der Waals surface area contributed by atoms with Crippen LogP contribution in [0.15, 0.2) is 40.8 Å². The number of benzene rings is 1. The molecule has 7 heteroatoms. The van der Waals surface area contributed by atoms with E-state index in [9.17, 15) is 15.0 Å². The molecule has 34 heavy (non-hydrogen) atoms. The van der Waals surface area contributed by atoms with Crippen molar-refractivity contribution in [2.45, 2.75) is 68.6 Å². The zero-order chi connectivity index (χ0) is 23.6. The SMILES string of the molecule is CC[C@@H]1[C@H]2C[C@H]3[C@@H]4N(C)c5ccccc5[C@@]45C[C@@H]([C@@H]2[C@@H]5O)[N@@+]3(Cc2ccc(C(=O)OC)o2)[C@H]1O. The minimum absolute atomic E-state index is 0.119. The van der Waals surface area contributed by atoms with Gasteiger partial charge in [0, 0.05) is 37.4 Å². The van der Waals surface area contributed by atoms with Crippen molar-refractivity contribution in [2.24, 2.45) is 17.8 Å². The number of aliphatic hydroxyl groups is 2. The lowest BCUT2D eigenvalue weighted by molar-refractivity contribution is -1.05. The summed E-state index contributed by atoms with van der Waals surface area (Å²) >= 11 is 0. The van der Waals surface area contributed by atoms with Crippen LogP contribution < -0.4 is 4.90 Å². The highest BCUT2D eigenvalue weighted by Gasteiger charge is 2.83. The van der Waals surface area contributed by atoms with E-state index in [-0.39, 0.29) is 41.1 Å². The van der Waals surface area contributed by atoms with Crippen molar-refractivity contribution in [2.75, 3.05) is 19.1 Å². The van der Waals surface area contributed by atoms with Gasteiger partial charge in [-0.3, -0.25) is 4.48 Å². The van der Waals surface area contributed by atoms with Crippen LogP contribution in [-0.2, 0) is 16.7 Å². The van der Waals surface area contributed by atoms with E-state index in [1.54, 1.807) is 6.07 Å². The highest BCUT2D eigenvalue weighted by atomic mass is 16.5. The molecule has 1 spiro atoms. The highest BCUT2D eigenvalue weighted by molar-refractivity contribution is 5.86. The summed E-state index contributed by atoms with van der Waals surface area (Å²) in [7, 11) is 3.51. The molecular formula is C27H33N2O5+. The monoisotopic (exact) mass is 465 g/mol. The molecule has 0 unspecified atom stereocenters. The first-order valence-corrected chi connectivity index (χ1v) is 12.6. The van der Waals surface area contributed by atoms with Crippen molar-refractivity contribution in [3.05, 3.63) is 53.5 Å². The summed E-state index contributed by atoms with van der Waals surface area (Å²) < 4.78 is 11.3. The molecule has 6 heterocycles. The van der Waals surface area contributed by atoms with Crippen LogP contribution in [-0.4, -0.2) is 65.3 Å². The lowest BCUT2D eigenvalue weighted by Gasteiger charge is -2.67. The fraction of sp³-hybridized carbons (Fsp3) is 0.593. The molecule has 180 valence electrons. The number of carbonyl (C=O) groups excluding carboxylic acids is 1. The number of furan rings is 1. The van der Waals surface area contributed by atoms with Gasteiger partial charge in [0.25, 0.3) is 0 Å². The first kappa shape index (κ1) is 21.0. The second kappa shape index (κ2) is 6.65. The van der Waals surface area contributed by atoms with E-state index in [1.807, 2.05) is 6.07 Å². The predicted octanol–water partition coefficient (Wildman–Crippen LogP) is 2.65. The summed E-state index contributed by atoms with van der Waals surface area (Å²) in [5.74, 6) is 1.04. The second-order valence-corrected chi connectivity index (χ2v) is 11.3. The fourth-order valence-electron chi connectivity index (χ4n) is 9.65. The number of aliphatic hydroxyl groups excluding tert-OH is 2. The number of anilines is 1. The molecule has 2 aromatic rings. The van der Waals surface area contributed by atoms with Gasteiger partial charge in [-0.1, -0.05) is 25.1 Å². The number of ether oxygens (including phenoxy) is 1. The molecule has 5 fully saturated rings. The topological polar surface area (TPSA) is 83.1 Å². The molecule has 7 nitrogen and oxygen atoms in total. The Morgan fingerprint density at radius 3 is 2.79 bits per heavy atom. The molecular weight excluding hydrogens is 432 g/mol. The number of para-hydroxylation sites is 1. The van der Waals surface area contributed by atoms with Gasteiger partial charge in [0.15, 0.2) is 12.0 Å². The first-order valence-electron chi connectivity index (χ1n) is 12.6. The van der Waals surface area contributed by atoms with Crippen LogP contribution >= 0.6 is 0 Å². The largest absolute Gasteiger partial charge is 0.463 e. The molecule has 5 bridgehead atoms. The summed E-state index contributed by atoms with van der Waals surface area (Å²) in [6, 6.07) is 12.6. The van der Waals surface area contributed by atoms with E-state index in [1.165, 1.54) is 18.4 Å². The van der Waals surface area contributed by atoms with Gasteiger partial charge in [-0.25, -0.2) is 4.79 Å². The lowest BCUT2D eigenvalue weighted by Crippen LogP contribution is -2.82. The zero-order valence-electron chi connectivity index (χ0n) is 19.9. The lowest BCUT2D eigenvalue weighted by atomic mass is 9.60. The standard InChI is InChI=1S/C27H33N2O5/c1-4-15-16-11-19-23-27(17-7-5-6-8-18(17)28(23)2)12-20(22(16)24(27)30)29(19,25(15)31)13-14-9-10-21(34-14)26(32)33-3/h5-10,15-16,19-20,22-25,30-31H,4,11-13H2,1-3H3/q+1/t15-,16-,19+,20+,22-,23+,24+,25+,27+,29+/m1/s1. The van der Waals surface area contributed by atoms with Gasteiger partial charge in [-0.2, -0.15) is 0 Å². The van der Waals surface area contributed by atoms with Crippen LogP contribution in [0.5, 0.6) is 0 Å². The summed E-state index contributed by atoms with van der Waals surface area (Å²) in [6.45, 7) is 2.69. The summed E-state index contributed by atoms with van der Waals surface area (Å²) in [5, 5.41) is 24.1. The van der Waals surface area contributed by atoms with Crippen LogP contribution in [0.4, 0.5) is 5.69 Å². The molecule has 0 radical (unpaired) electrons. The van der Waals surface area contributed by atoms with Gasteiger partial charge < -0.3 is 24.3 Å². The maximum absolute atomic E-state index is 12.1. The predicted molar refractivity (Wildman–Crippen MR) is 124 cm³/mol. The molecule has 1 aliphatic carbocycles. The fourth-order valence-corrected chi connectivity index (χ4v) is 9.65. The Morgan fingerprint density at radius 2 is 2.03 bits per heavy atom. The minimum Gasteiger partial charge on any atom is -0.463 e. The number of quaternary nitrogens is 1. The van der Waals surface area contributed by atoms with Crippen LogP contribution in [0.2, 0.25) is 0 Å². The van der Waals surface area contributed by atoms with E-state index in [0.717, 1.165) is 19.3 Å². The number of nitrogens with zero attached hydrogens (tertiary/aromatic N) is 2. The van der Waals surface area contributed by atoms with Crippen molar-refractivity contribution in [1.29, 1.82) is 0 Å². The summed E-state index contributed by atoms with van der Waals surface area (Å²) in [4.78, 5) is 14.4. The number of esters is 1. The van der Waals surface area contributed by atoms with Crippen molar-refractivity contribution in [3.63, 3.8) is 0 Å². The molecule has 10 atom stereocenters. The molecule has 6 aliphatic rings. The molecule has 4 saturated heterocycles. The third kappa shape index (κ3) is 2.10. The maximum Gasteiger partial charge on any atom is 0.373 e. The maximum atomic E-state index is 12.1. The number of rotatable bonds is 4. The Bertz CT molecular complexity index is 1180. The van der Waals surface area contributed by atoms with Crippen molar-refractivity contribution in [3.8, 4) is 0 Å². The Balaban J connectivity index is 1.41. The summed E-state index contributed by atoms with van der Waals surface area (Å²) in [6.07, 6.45) is 1.83. The van der Waals surface area contributed by atoms with E-state index < -0.39 is 18.3 Å². The zero-order valence-corrected chi connectivity index (χ0v) is 19.9. The van der Waals surface area contributed by atoms with Crippen molar-refractivity contribution < 1.29 is 28.6 Å². The van der Waals surface area contributed by atoms with Gasteiger partial charge in [0.05, 0.1) is 30.7 Å². The molecule has 0 amide bonds. The molecule has 1 aromatic carbocycles. The van der Waals surface area contributed by atoms with Gasteiger partial charge >= 0.3 is 5.97 Å². The van der Waals surface area contributed by atoms with Gasteiger partial charge in [-0.05, 0) is 36.1 Å². The highest BCUT2D eigenvalue weighted by Crippen LogP contribution is 2.71. The Hall–Kier alpha value is -2.35. The Kier molecular flexibility index (Phi) is 4.10. The third-order valence-corrected chi connectivity index (χ3v) is 10.6. The van der Waals surface area contributed by atoms with E-state index >= 15 is 0 Å². The van der Waals surface area contributed by atoms with E-state index in [2.05, 4.69) is 43.1 Å². The summed E-state index contributed by atoms with van der Waals surface area (Å²) in [5.41, 5.74) is 2.20. The molecule has 5 aliphatic heterocycles. The van der Waals surface area contributed by atoms with E-state index in [0.29, 0.717) is 22.7 Å². The number of methoxy groups -OCH3 is 1. The number of fused-ring (bicyclic) bond motifs is 2. The average Bonchev–Trinajstić information content (AvgIpc) is 3.47. The average molecular weight is 466 g/mol. The quantitative estimate of drug-likeness (QED) is 0.534.